The first-order valence-electron chi connectivity index (χ1n) is 7.06. The molecule has 0 fully saturated rings. The number of unbranched alkanes of at least 4 members (excludes halogenated alkanes) is 2. The second kappa shape index (κ2) is 11.0. The molecule has 0 saturated carbocycles. The molecule has 0 rings (SSSR count). The van der Waals surface area contributed by atoms with Crippen molar-refractivity contribution in [1.29, 1.82) is 0 Å². The van der Waals surface area contributed by atoms with Crippen molar-refractivity contribution in [2.45, 2.75) is 64.9 Å². The van der Waals surface area contributed by atoms with E-state index >= 15 is 0 Å². The first-order chi connectivity index (χ1) is 8.18. The van der Waals surface area contributed by atoms with Gasteiger partial charge < -0.3 is 14.6 Å². The Morgan fingerprint density at radius 2 is 1.41 bits per heavy atom. The van der Waals surface area contributed by atoms with Crippen molar-refractivity contribution in [2.24, 2.45) is 0 Å². The molecule has 0 aromatic heterocycles. The zero-order valence-corrected chi connectivity index (χ0v) is 11.8. The van der Waals surface area contributed by atoms with Crippen LogP contribution in [0.3, 0.4) is 0 Å². The molecule has 0 saturated heterocycles. The monoisotopic (exact) mass is 246 g/mol. The molecule has 17 heavy (non-hydrogen) atoms. The maximum Gasteiger partial charge on any atom is 0.0880 e. The Bertz CT molecular complexity index is 152. The lowest BCUT2D eigenvalue weighted by Gasteiger charge is -2.28. The van der Waals surface area contributed by atoms with Crippen molar-refractivity contribution >= 4 is 0 Å². The lowest BCUT2D eigenvalue weighted by molar-refractivity contribution is -0.0687. The summed E-state index contributed by atoms with van der Waals surface area (Å²) < 4.78 is 10.7. The molecule has 0 atom stereocenters. The molecule has 0 aromatic carbocycles. The SMILES string of the molecule is CCCCC(O)(CCCC)COCCOCC. The third-order valence-corrected chi connectivity index (χ3v) is 2.94. The van der Waals surface area contributed by atoms with Crippen molar-refractivity contribution in [3.63, 3.8) is 0 Å². The zero-order chi connectivity index (χ0) is 13.0. The van der Waals surface area contributed by atoms with E-state index in [1.54, 1.807) is 0 Å². The number of hydrogen-bond donors (Lipinski definition) is 1. The summed E-state index contributed by atoms with van der Waals surface area (Å²) in [6, 6.07) is 0. The summed E-state index contributed by atoms with van der Waals surface area (Å²) in [6.45, 7) is 8.63. The summed E-state index contributed by atoms with van der Waals surface area (Å²) in [5.74, 6) is 0. The highest BCUT2D eigenvalue weighted by Gasteiger charge is 2.25. The maximum atomic E-state index is 10.5. The summed E-state index contributed by atoms with van der Waals surface area (Å²) in [7, 11) is 0. The van der Waals surface area contributed by atoms with Crippen LogP contribution in [0.15, 0.2) is 0 Å². The quantitative estimate of drug-likeness (QED) is 0.538. The molecule has 0 aliphatic carbocycles. The largest absolute Gasteiger partial charge is 0.387 e. The van der Waals surface area contributed by atoms with Crippen LogP contribution in [0.1, 0.15) is 59.3 Å². The summed E-state index contributed by atoms with van der Waals surface area (Å²) in [6.07, 6.45) is 6.06. The molecule has 0 bridgehead atoms. The number of hydrogen-bond acceptors (Lipinski definition) is 3. The van der Waals surface area contributed by atoms with E-state index in [1.807, 2.05) is 6.92 Å². The minimum atomic E-state index is -0.627. The molecular weight excluding hydrogens is 216 g/mol. The smallest absolute Gasteiger partial charge is 0.0880 e. The Morgan fingerprint density at radius 3 is 1.88 bits per heavy atom. The predicted octanol–water partition coefficient (Wildman–Crippen LogP) is 3.15. The predicted molar refractivity (Wildman–Crippen MR) is 71.3 cm³/mol. The minimum absolute atomic E-state index is 0.445. The van der Waals surface area contributed by atoms with Crippen LogP contribution in [0.2, 0.25) is 0 Å². The zero-order valence-electron chi connectivity index (χ0n) is 11.8. The normalized spacial score (nSPS) is 12.0. The molecule has 104 valence electrons. The topological polar surface area (TPSA) is 38.7 Å². The summed E-state index contributed by atoms with van der Waals surface area (Å²) in [5, 5.41) is 10.5. The maximum absolute atomic E-state index is 10.5. The van der Waals surface area contributed by atoms with E-state index < -0.39 is 5.60 Å². The minimum Gasteiger partial charge on any atom is -0.387 e. The Morgan fingerprint density at radius 1 is 0.882 bits per heavy atom. The second-order valence-corrected chi connectivity index (χ2v) is 4.68. The third kappa shape index (κ3) is 9.57. The van der Waals surface area contributed by atoms with Gasteiger partial charge >= 0.3 is 0 Å². The Balaban J connectivity index is 3.82. The van der Waals surface area contributed by atoms with E-state index in [-0.39, 0.29) is 0 Å². The molecule has 0 radical (unpaired) electrons. The Kier molecular flexibility index (Phi) is 10.9. The van der Waals surface area contributed by atoms with Gasteiger partial charge in [0.25, 0.3) is 0 Å². The van der Waals surface area contributed by atoms with Gasteiger partial charge in [-0.25, -0.2) is 0 Å². The van der Waals surface area contributed by atoms with Crippen LogP contribution in [0.4, 0.5) is 0 Å². The highest BCUT2D eigenvalue weighted by molar-refractivity contribution is 4.77. The Hall–Kier alpha value is -0.120. The van der Waals surface area contributed by atoms with Crippen LogP contribution in [0.5, 0.6) is 0 Å². The van der Waals surface area contributed by atoms with Gasteiger partial charge in [-0.2, -0.15) is 0 Å². The van der Waals surface area contributed by atoms with Crippen molar-refractivity contribution in [2.75, 3.05) is 26.4 Å². The van der Waals surface area contributed by atoms with Gasteiger partial charge in [0.15, 0.2) is 0 Å². The molecule has 1 N–H and O–H groups in total. The van der Waals surface area contributed by atoms with Crippen LogP contribution in [0, 0.1) is 0 Å². The highest BCUT2D eigenvalue weighted by Crippen LogP contribution is 2.21. The first kappa shape index (κ1) is 16.9. The molecule has 0 aromatic rings. The first-order valence-corrected chi connectivity index (χ1v) is 7.06. The van der Waals surface area contributed by atoms with Gasteiger partial charge in [-0.05, 0) is 19.8 Å². The van der Waals surface area contributed by atoms with Crippen LogP contribution >= 0.6 is 0 Å². The fourth-order valence-corrected chi connectivity index (χ4v) is 1.81. The molecule has 0 amide bonds. The van der Waals surface area contributed by atoms with Gasteiger partial charge in [0.1, 0.15) is 0 Å². The van der Waals surface area contributed by atoms with E-state index in [9.17, 15) is 5.11 Å². The second-order valence-electron chi connectivity index (χ2n) is 4.68. The molecule has 0 heterocycles. The third-order valence-electron chi connectivity index (χ3n) is 2.94. The van der Waals surface area contributed by atoms with E-state index in [4.69, 9.17) is 9.47 Å². The fraction of sp³-hybridized carbons (Fsp3) is 1.00. The van der Waals surface area contributed by atoms with Gasteiger partial charge in [-0.3, -0.25) is 0 Å². The van der Waals surface area contributed by atoms with Crippen molar-refractivity contribution in [3.8, 4) is 0 Å². The van der Waals surface area contributed by atoms with Crippen LogP contribution in [-0.2, 0) is 9.47 Å². The number of rotatable bonds is 12. The van der Waals surface area contributed by atoms with E-state index in [1.165, 1.54) is 0 Å². The van der Waals surface area contributed by atoms with Crippen LogP contribution < -0.4 is 0 Å². The molecule has 0 spiro atoms. The van der Waals surface area contributed by atoms with Crippen molar-refractivity contribution < 1.29 is 14.6 Å². The highest BCUT2D eigenvalue weighted by atomic mass is 16.5. The molecule has 0 aliphatic rings. The summed E-state index contributed by atoms with van der Waals surface area (Å²) in [4.78, 5) is 0. The number of aliphatic hydroxyl groups is 1. The average Bonchev–Trinajstić information content (AvgIpc) is 2.34. The molecule has 3 heteroatoms. The molecular formula is C14H30O3. The summed E-state index contributed by atoms with van der Waals surface area (Å²) >= 11 is 0. The fourth-order valence-electron chi connectivity index (χ4n) is 1.81. The van der Waals surface area contributed by atoms with Gasteiger partial charge in [-0.15, -0.1) is 0 Å². The lowest BCUT2D eigenvalue weighted by Crippen LogP contribution is -2.35. The molecule has 0 unspecified atom stereocenters. The van der Waals surface area contributed by atoms with Crippen LogP contribution in [0.25, 0.3) is 0 Å². The van der Waals surface area contributed by atoms with Gasteiger partial charge in [0.05, 0.1) is 25.4 Å². The molecule has 3 nitrogen and oxygen atoms in total. The van der Waals surface area contributed by atoms with E-state index in [0.717, 1.165) is 45.1 Å². The standard InChI is InChI=1S/C14H30O3/c1-4-7-9-14(15,10-8-5-2)13-17-12-11-16-6-3/h15H,4-13H2,1-3H3. The number of ether oxygens (including phenoxy) is 2. The van der Waals surface area contributed by atoms with E-state index in [2.05, 4.69) is 13.8 Å². The van der Waals surface area contributed by atoms with Gasteiger partial charge in [0.2, 0.25) is 0 Å². The van der Waals surface area contributed by atoms with Gasteiger partial charge in [0, 0.05) is 6.61 Å². The molecule has 0 aliphatic heterocycles. The Labute approximate surface area is 107 Å². The van der Waals surface area contributed by atoms with Crippen LogP contribution in [-0.4, -0.2) is 37.1 Å². The average molecular weight is 246 g/mol. The van der Waals surface area contributed by atoms with Gasteiger partial charge in [-0.1, -0.05) is 39.5 Å². The van der Waals surface area contributed by atoms with E-state index in [0.29, 0.717) is 19.8 Å². The lowest BCUT2D eigenvalue weighted by atomic mass is 9.92. The summed E-state index contributed by atoms with van der Waals surface area (Å²) in [5.41, 5.74) is -0.627. The van der Waals surface area contributed by atoms with Crippen molar-refractivity contribution in [1.82, 2.24) is 0 Å². The van der Waals surface area contributed by atoms with Crippen molar-refractivity contribution in [3.05, 3.63) is 0 Å².